The maximum absolute atomic E-state index is 9.77. The van der Waals surface area contributed by atoms with E-state index in [1.807, 2.05) is 12.1 Å². The van der Waals surface area contributed by atoms with Crippen molar-refractivity contribution in [1.29, 1.82) is 0 Å². The standard InChI is InChI=1S/C16H25ClN2.C4H6O6/c1-13(2)10-19(11-14-7-8-18-9-14)12-15-5-3-4-6-16(15)17;5-1(3(7)8)2(6)4(9)10/h3-6,13-14,18H,7-12H2,1-2H3;1-2,5-6H,(H,7,8)(H,9,10)/t14-;/m1./s1. The largest absolute Gasteiger partial charge is 0.479 e. The van der Waals surface area contributed by atoms with Gasteiger partial charge in [-0.05, 0) is 43.0 Å². The number of nitrogens with zero attached hydrogens (tertiary/aromatic N) is 1. The molecule has 0 aliphatic carbocycles. The minimum absolute atomic E-state index is 0.692. The molecule has 2 unspecified atom stereocenters. The number of carboxylic acid groups (broad SMARTS) is 2. The third-order valence-electron chi connectivity index (χ3n) is 4.46. The predicted molar refractivity (Wildman–Crippen MR) is 110 cm³/mol. The van der Waals surface area contributed by atoms with Crippen LogP contribution in [-0.2, 0) is 16.1 Å². The van der Waals surface area contributed by atoms with Gasteiger partial charge < -0.3 is 25.7 Å². The molecule has 5 N–H and O–H groups in total. The summed E-state index contributed by atoms with van der Waals surface area (Å²) in [6, 6.07) is 8.20. The lowest BCUT2D eigenvalue weighted by Crippen LogP contribution is -2.39. The second-order valence-corrected chi connectivity index (χ2v) is 8.01. The first-order chi connectivity index (χ1) is 13.6. The van der Waals surface area contributed by atoms with Gasteiger partial charge in [-0.15, -0.1) is 0 Å². The van der Waals surface area contributed by atoms with Crippen molar-refractivity contribution < 1.29 is 30.0 Å². The fraction of sp³-hybridized carbons (Fsp3) is 0.600. The van der Waals surface area contributed by atoms with Crippen molar-refractivity contribution in [2.75, 3.05) is 26.2 Å². The molecule has 0 spiro atoms. The Labute approximate surface area is 176 Å². The molecule has 1 aromatic carbocycles. The summed E-state index contributed by atoms with van der Waals surface area (Å²) in [5.41, 5.74) is 1.25. The molecule has 0 radical (unpaired) electrons. The van der Waals surface area contributed by atoms with Crippen LogP contribution >= 0.6 is 11.6 Å². The van der Waals surface area contributed by atoms with Gasteiger partial charge >= 0.3 is 11.9 Å². The van der Waals surface area contributed by atoms with E-state index in [2.05, 4.69) is 36.2 Å². The molecule has 0 bridgehead atoms. The maximum Gasteiger partial charge on any atom is 0.335 e. The van der Waals surface area contributed by atoms with Crippen molar-refractivity contribution in [3.63, 3.8) is 0 Å². The summed E-state index contributed by atoms with van der Waals surface area (Å²) in [6.45, 7) is 10.2. The van der Waals surface area contributed by atoms with Crippen LogP contribution in [0.15, 0.2) is 24.3 Å². The van der Waals surface area contributed by atoms with Crippen molar-refractivity contribution in [2.45, 2.75) is 39.0 Å². The van der Waals surface area contributed by atoms with Crippen LogP contribution < -0.4 is 5.32 Å². The van der Waals surface area contributed by atoms with Gasteiger partial charge in [0.05, 0.1) is 0 Å². The summed E-state index contributed by atoms with van der Waals surface area (Å²) in [5.74, 6) is -2.05. The Balaban J connectivity index is 0.000000359. The fourth-order valence-electron chi connectivity index (χ4n) is 3.09. The number of hydrogen-bond donors (Lipinski definition) is 5. The molecule has 1 aromatic rings. The van der Waals surface area contributed by atoms with Crippen molar-refractivity contribution >= 4 is 23.5 Å². The number of hydrogen-bond acceptors (Lipinski definition) is 6. The number of nitrogens with one attached hydrogen (secondary N) is 1. The van der Waals surface area contributed by atoms with Gasteiger partial charge in [-0.3, -0.25) is 4.90 Å². The molecular weight excluding hydrogens is 400 g/mol. The number of carboxylic acids is 2. The smallest absolute Gasteiger partial charge is 0.335 e. The maximum atomic E-state index is 9.77. The number of aliphatic carboxylic acids is 2. The third-order valence-corrected chi connectivity index (χ3v) is 4.83. The average Bonchev–Trinajstić information content (AvgIpc) is 3.15. The highest BCUT2D eigenvalue weighted by Gasteiger charge is 2.29. The van der Waals surface area contributed by atoms with Gasteiger partial charge in [-0.25, -0.2) is 9.59 Å². The van der Waals surface area contributed by atoms with E-state index in [0.717, 1.165) is 30.6 Å². The van der Waals surface area contributed by atoms with Gasteiger partial charge in [-0.1, -0.05) is 43.6 Å². The molecule has 164 valence electrons. The van der Waals surface area contributed by atoms with Crippen LogP contribution in [0.25, 0.3) is 0 Å². The van der Waals surface area contributed by atoms with E-state index < -0.39 is 24.1 Å². The number of benzene rings is 1. The number of halogens is 1. The highest BCUT2D eigenvalue weighted by molar-refractivity contribution is 6.31. The monoisotopic (exact) mass is 430 g/mol. The molecule has 0 aromatic heterocycles. The zero-order chi connectivity index (χ0) is 22.0. The predicted octanol–water partition coefficient (Wildman–Crippen LogP) is 1.28. The van der Waals surface area contributed by atoms with E-state index in [0.29, 0.717) is 5.92 Å². The Kier molecular flexibility index (Phi) is 11.2. The zero-order valence-corrected chi connectivity index (χ0v) is 17.5. The summed E-state index contributed by atoms with van der Waals surface area (Å²) in [6.07, 6.45) is -3.23. The summed E-state index contributed by atoms with van der Waals surface area (Å²) < 4.78 is 0. The number of rotatable bonds is 9. The number of aliphatic hydroxyl groups excluding tert-OH is 2. The molecule has 1 heterocycles. The molecule has 0 saturated carbocycles. The van der Waals surface area contributed by atoms with Crippen LogP contribution in [0.4, 0.5) is 0 Å². The number of carbonyl (C=O) groups is 2. The minimum atomic E-state index is -2.27. The highest BCUT2D eigenvalue weighted by atomic mass is 35.5. The summed E-state index contributed by atoms with van der Waals surface area (Å²) >= 11 is 6.28. The summed E-state index contributed by atoms with van der Waals surface area (Å²) in [5, 5.41) is 36.9. The fourth-order valence-corrected chi connectivity index (χ4v) is 3.29. The molecule has 2 rings (SSSR count). The SMILES string of the molecule is CC(C)CN(Cc1ccccc1Cl)C[C@@H]1CCNC1.O=C(O)C(O)C(O)C(=O)O. The Bertz CT molecular complexity index is 634. The Hall–Kier alpha value is -1.71. The van der Waals surface area contributed by atoms with Crippen LogP contribution in [0.3, 0.4) is 0 Å². The van der Waals surface area contributed by atoms with Crippen LogP contribution in [0.1, 0.15) is 25.8 Å². The third kappa shape index (κ3) is 9.56. The van der Waals surface area contributed by atoms with E-state index in [4.69, 9.17) is 32.0 Å². The molecule has 1 aliphatic rings. The van der Waals surface area contributed by atoms with E-state index in [9.17, 15) is 9.59 Å². The van der Waals surface area contributed by atoms with Crippen LogP contribution in [0.2, 0.25) is 5.02 Å². The summed E-state index contributed by atoms with van der Waals surface area (Å²) in [7, 11) is 0. The minimum Gasteiger partial charge on any atom is -0.479 e. The van der Waals surface area contributed by atoms with Gasteiger partial charge in [0.1, 0.15) is 0 Å². The van der Waals surface area contributed by atoms with E-state index in [-0.39, 0.29) is 0 Å². The number of aliphatic hydroxyl groups is 2. The van der Waals surface area contributed by atoms with Crippen LogP contribution in [0, 0.1) is 11.8 Å². The topological polar surface area (TPSA) is 130 Å². The quantitative estimate of drug-likeness (QED) is 0.396. The highest BCUT2D eigenvalue weighted by Crippen LogP contribution is 2.19. The Morgan fingerprint density at radius 1 is 1.17 bits per heavy atom. The molecular formula is C20H31ClN2O6. The van der Waals surface area contributed by atoms with Gasteiger partial charge in [-0.2, -0.15) is 0 Å². The molecule has 3 atom stereocenters. The van der Waals surface area contributed by atoms with E-state index in [1.54, 1.807) is 0 Å². The normalized spacial score (nSPS) is 18.2. The Morgan fingerprint density at radius 3 is 2.21 bits per heavy atom. The van der Waals surface area contributed by atoms with E-state index in [1.165, 1.54) is 25.1 Å². The zero-order valence-electron chi connectivity index (χ0n) is 16.8. The second-order valence-electron chi connectivity index (χ2n) is 7.60. The van der Waals surface area contributed by atoms with Crippen molar-refractivity contribution in [3.05, 3.63) is 34.9 Å². The van der Waals surface area contributed by atoms with Gasteiger partial charge in [0.2, 0.25) is 0 Å². The molecule has 1 aliphatic heterocycles. The molecule has 0 amide bonds. The first-order valence-corrected chi connectivity index (χ1v) is 9.97. The molecule has 8 nitrogen and oxygen atoms in total. The Morgan fingerprint density at radius 2 is 1.76 bits per heavy atom. The van der Waals surface area contributed by atoms with E-state index >= 15 is 0 Å². The lowest BCUT2D eigenvalue weighted by atomic mass is 10.1. The first-order valence-electron chi connectivity index (χ1n) is 9.60. The molecule has 29 heavy (non-hydrogen) atoms. The lowest BCUT2D eigenvalue weighted by molar-refractivity contribution is -0.165. The molecule has 1 fully saturated rings. The lowest BCUT2D eigenvalue weighted by Gasteiger charge is -2.27. The average molecular weight is 431 g/mol. The van der Waals surface area contributed by atoms with Crippen LogP contribution in [-0.4, -0.2) is 75.7 Å². The first kappa shape index (κ1) is 25.3. The molecule has 9 heteroatoms. The van der Waals surface area contributed by atoms with Gasteiger partial charge in [0.15, 0.2) is 12.2 Å². The molecule has 1 saturated heterocycles. The van der Waals surface area contributed by atoms with Gasteiger partial charge in [0.25, 0.3) is 0 Å². The van der Waals surface area contributed by atoms with Crippen molar-refractivity contribution in [1.82, 2.24) is 10.2 Å². The second kappa shape index (κ2) is 12.8. The van der Waals surface area contributed by atoms with Crippen molar-refractivity contribution in [3.8, 4) is 0 Å². The van der Waals surface area contributed by atoms with Gasteiger partial charge in [0, 0.05) is 24.7 Å². The summed E-state index contributed by atoms with van der Waals surface area (Å²) in [4.78, 5) is 22.1. The van der Waals surface area contributed by atoms with Crippen LogP contribution in [0.5, 0.6) is 0 Å². The van der Waals surface area contributed by atoms with Crippen molar-refractivity contribution in [2.24, 2.45) is 11.8 Å².